The van der Waals surface area contributed by atoms with Gasteiger partial charge in [0.05, 0.1) is 15.6 Å². The summed E-state index contributed by atoms with van der Waals surface area (Å²) in [5.74, 6) is 0.734. The number of rotatable bonds is 6. The Morgan fingerprint density at radius 3 is 2.48 bits per heavy atom. The maximum atomic E-state index is 12.7. The molecule has 0 spiro atoms. The lowest BCUT2D eigenvalue weighted by molar-refractivity contribution is -0.384. The number of hydrogen-bond acceptors (Lipinski definition) is 6. The Hall–Kier alpha value is -3.88. The van der Waals surface area contributed by atoms with Crippen molar-refractivity contribution in [1.29, 1.82) is 0 Å². The molecule has 0 aliphatic rings. The molecule has 9 heteroatoms. The third kappa shape index (κ3) is 4.35. The Bertz CT molecular complexity index is 1280. The van der Waals surface area contributed by atoms with Crippen molar-refractivity contribution in [3.63, 3.8) is 0 Å². The van der Waals surface area contributed by atoms with E-state index in [1.807, 2.05) is 0 Å². The van der Waals surface area contributed by atoms with Crippen molar-refractivity contribution in [3.05, 3.63) is 93.4 Å². The standard InChI is InChI=1S/C22H15ClN2O6/c23-17-6-4-14(19-7-5-16(12-26)30-19)11-18(17)24-22(27)21-9-8-20(31-21)13-2-1-3-15(10-13)25(28)29/h1-11,26H,12H2,(H,24,27). The zero-order valence-corrected chi connectivity index (χ0v) is 16.6. The van der Waals surface area contributed by atoms with Gasteiger partial charge in [0, 0.05) is 23.3 Å². The monoisotopic (exact) mass is 438 g/mol. The molecular formula is C22H15ClN2O6. The maximum Gasteiger partial charge on any atom is 0.291 e. The fourth-order valence-corrected chi connectivity index (χ4v) is 3.13. The Morgan fingerprint density at radius 2 is 1.74 bits per heavy atom. The largest absolute Gasteiger partial charge is 0.459 e. The average Bonchev–Trinajstić information content (AvgIpc) is 3.45. The number of nitrogens with one attached hydrogen (secondary N) is 1. The van der Waals surface area contributed by atoms with Crippen LogP contribution in [0.1, 0.15) is 16.3 Å². The number of nitro groups is 1. The predicted octanol–water partition coefficient (Wildman–Crippen LogP) is 5.51. The van der Waals surface area contributed by atoms with E-state index in [0.717, 1.165) is 0 Å². The summed E-state index contributed by atoms with van der Waals surface area (Å²) >= 11 is 6.22. The number of carbonyl (C=O) groups is 1. The van der Waals surface area contributed by atoms with Crippen LogP contribution < -0.4 is 5.32 Å². The molecule has 2 aromatic heterocycles. The van der Waals surface area contributed by atoms with Crippen LogP contribution in [0.4, 0.5) is 11.4 Å². The van der Waals surface area contributed by atoms with Crippen molar-refractivity contribution in [1.82, 2.24) is 0 Å². The van der Waals surface area contributed by atoms with Gasteiger partial charge in [-0.3, -0.25) is 14.9 Å². The molecule has 2 heterocycles. The number of aliphatic hydroxyl groups excluding tert-OH is 1. The van der Waals surface area contributed by atoms with E-state index in [2.05, 4.69) is 5.32 Å². The quantitative estimate of drug-likeness (QED) is 0.302. The number of halogens is 1. The van der Waals surface area contributed by atoms with Crippen molar-refractivity contribution in [3.8, 4) is 22.6 Å². The lowest BCUT2D eigenvalue weighted by Gasteiger charge is -2.08. The van der Waals surface area contributed by atoms with Gasteiger partial charge in [-0.05, 0) is 42.5 Å². The normalized spacial score (nSPS) is 10.8. The Kier molecular flexibility index (Phi) is 5.57. The van der Waals surface area contributed by atoms with Gasteiger partial charge >= 0.3 is 0 Å². The van der Waals surface area contributed by atoms with E-state index in [-0.39, 0.29) is 18.1 Å². The zero-order chi connectivity index (χ0) is 22.0. The second kappa shape index (κ2) is 8.47. The summed E-state index contributed by atoms with van der Waals surface area (Å²) in [6.07, 6.45) is 0. The highest BCUT2D eigenvalue weighted by atomic mass is 35.5. The van der Waals surface area contributed by atoms with E-state index < -0.39 is 10.8 Å². The van der Waals surface area contributed by atoms with Gasteiger partial charge in [-0.15, -0.1) is 0 Å². The number of nitro benzene ring substituents is 1. The number of aliphatic hydroxyl groups is 1. The highest BCUT2D eigenvalue weighted by molar-refractivity contribution is 6.34. The Morgan fingerprint density at radius 1 is 1.00 bits per heavy atom. The van der Waals surface area contributed by atoms with E-state index in [1.165, 1.54) is 24.3 Å². The fraction of sp³-hybridized carbons (Fsp3) is 0.0455. The van der Waals surface area contributed by atoms with Crippen LogP contribution in [0.25, 0.3) is 22.6 Å². The number of amides is 1. The van der Waals surface area contributed by atoms with E-state index in [9.17, 15) is 14.9 Å². The molecule has 156 valence electrons. The number of non-ortho nitro benzene ring substituents is 1. The first-order valence-electron chi connectivity index (χ1n) is 9.10. The van der Waals surface area contributed by atoms with Crippen molar-refractivity contribution in [2.75, 3.05) is 5.32 Å². The van der Waals surface area contributed by atoms with Gasteiger partial charge in [-0.25, -0.2) is 0 Å². The molecule has 31 heavy (non-hydrogen) atoms. The molecule has 4 rings (SSSR count). The molecule has 0 aliphatic carbocycles. The third-order valence-corrected chi connectivity index (χ3v) is 4.82. The molecule has 0 bridgehead atoms. The van der Waals surface area contributed by atoms with E-state index in [4.69, 9.17) is 25.5 Å². The summed E-state index contributed by atoms with van der Waals surface area (Å²) < 4.78 is 11.1. The number of carbonyl (C=O) groups excluding carboxylic acids is 1. The van der Waals surface area contributed by atoms with Crippen molar-refractivity contribution >= 4 is 28.9 Å². The van der Waals surface area contributed by atoms with Crippen LogP contribution in [0.3, 0.4) is 0 Å². The molecule has 0 saturated carbocycles. The summed E-state index contributed by atoms with van der Waals surface area (Å²) in [6, 6.07) is 17.3. The Balaban J connectivity index is 1.56. The lowest BCUT2D eigenvalue weighted by atomic mass is 10.1. The highest BCUT2D eigenvalue weighted by Crippen LogP contribution is 2.31. The molecule has 0 saturated heterocycles. The van der Waals surface area contributed by atoms with Gasteiger partial charge in [-0.2, -0.15) is 0 Å². The number of anilines is 1. The number of hydrogen-bond donors (Lipinski definition) is 2. The minimum absolute atomic E-state index is 0.0172. The van der Waals surface area contributed by atoms with Crippen LogP contribution in [0.15, 0.2) is 75.6 Å². The predicted molar refractivity (Wildman–Crippen MR) is 114 cm³/mol. The van der Waals surface area contributed by atoms with Crippen LogP contribution in [0.2, 0.25) is 5.02 Å². The van der Waals surface area contributed by atoms with E-state index in [1.54, 1.807) is 42.5 Å². The summed E-state index contributed by atoms with van der Waals surface area (Å²) in [6.45, 7) is -0.220. The highest BCUT2D eigenvalue weighted by Gasteiger charge is 2.16. The van der Waals surface area contributed by atoms with Crippen LogP contribution in [-0.4, -0.2) is 15.9 Å². The molecule has 4 aromatic rings. The van der Waals surface area contributed by atoms with E-state index >= 15 is 0 Å². The SMILES string of the molecule is O=C(Nc1cc(-c2ccc(CO)o2)ccc1Cl)c1ccc(-c2cccc([N+](=O)[O-])c2)o1. The molecule has 0 atom stereocenters. The molecule has 0 unspecified atom stereocenters. The molecule has 0 aliphatic heterocycles. The van der Waals surface area contributed by atoms with Crippen LogP contribution >= 0.6 is 11.6 Å². The van der Waals surface area contributed by atoms with Gasteiger partial charge in [0.1, 0.15) is 23.9 Å². The summed E-state index contributed by atoms with van der Waals surface area (Å²) in [5, 5.41) is 23.1. The number of furan rings is 2. The summed E-state index contributed by atoms with van der Waals surface area (Å²) in [4.78, 5) is 23.1. The lowest BCUT2D eigenvalue weighted by Crippen LogP contribution is -2.11. The van der Waals surface area contributed by atoms with Crippen LogP contribution in [0.5, 0.6) is 0 Å². The molecular weight excluding hydrogens is 424 g/mol. The van der Waals surface area contributed by atoms with Gasteiger partial charge in [0.25, 0.3) is 11.6 Å². The van der Waals surface area contributed by atoms with Gasteiger partial charge in [0.15, 0.2) is 5.76 Å². The Labute approximate surface area is 180 Å². The van der Waals surface area contributed by atoms with Crippen molar-refractivity contribution < 1.29 is 23.7 Å². The third-order valence-electron chi connectivity index (χ3n) is 4.49. The van der Waals surface area contributed by atoms with Crippen LogP contribution in [-0.2, 0) is 6.61 Å². The van der Waals surface area contributed by atoms with Crippen molar-refractivity contribution in [2.45, 2.75) is 6.61 Å². The smallest absolute Gasteiger partial charge is 0.291 e. The minimum atomic E-state index is -0.536. The summed E-state index contributed by atoms with van der Waals surface area (Å²) in [7, 11) is 0. The van der Waals surface area contributed by atoms with Crippen LogP contribution in [0, 0.1) is 10.1 Å². The van der Waals surface area contributed by atoms with Gasteiger partial charge in [0.2, 0.25) is 0 Å². The first kappa shape index (κ1) is 20.4. The average molecular weight is 439 g/mol. The first-order valence-corrected chi connectivity index (χ1v) is 9.48. The van der Waals surface area contributed by atoms with Gasteiger partial charge in [-0.1, -0.05) is 23.7 Å². The number of benzene rings is 2. The fourth-order valence-electron chi connectivity index (χ4n) is 2.96. The topological polar surface area (TPSA) is 119 Å². The molecule has 8 nitrogen and oxygen atoms in total. The molecule has 0 fully saturated rings. The van der Waals surface area contributed by atoms with E-state index in [0.29, 0.717) is 39.1 Å². The molecule has 2 aromatic carbocycles. The number of nitrogens with zero attached hydrogens (tertiary/aromatic N) is 1. The second-order valence-electron chi connectivity index (χ2n) is 6.54. The zero-order valence-electron chi connectivity index (χ0n) is 15.9. The summed E-state index contributed by atoms with van der Waals surface area (Å²) in [5.41, 5.74) is 1.41. The van der Waals surface area contributed by atoms with Crippen molar-refractivity contribution in [2.24, 2.45) is 0 Å². The van der Waals surface area contributed by atoms with Gasteiger partial charge < -0.3 is 19.3 Å². The first-order chi connectivity index (χ1) is 14.9. The molecule has 2 N–H and O–H groups in total. The molecule has 1 amide bonds. The second-order valence-corrected chi connectivity index (χ2v) is 6.95. The minimum Gasteiger partial charge on any atom is -0.459 e. The molecule has 0 radical (unpaired) electrons. The maximum absolute atomic E-state index is 12.7.